The maximum atomic E-state index is 11.8. The summed E-state index contributed by atoms with van der Waals surface area (Å²) in [6, 6.07) is 1.25. The van der Waals surface area contributed by atoms with Crippen molar-refractivity contribution in [3.8, 4) is 0 Å². The molecule has 2 rings (SSSR count). The van der Waals surface area contributed by atoms with Crippen LogP contribution in [0.3, 0.4) is 0 Å². The van der Waals surface area contributed by atoms with E-state index in [2.05, 4.69) is 26.2 Å². The summed E-state index contributed by atoms with van der Waals surface area (Å²) in [7, 11) is 0. The van der Waals surface area contributed by atoms with Crippen molar-refractivity contribution in [1.82, 2.24) is 10.3 Å². The summed E-state index contributed by atoms with van der Waals surface area (Å²) in [6.07, 6.45) is 4.52. The Morgan fingerprint density at radius 3 is 2.83 bits per heavy atom. The van der Waals surface area contributed by atoms with E-state index in [1.54, 1.807) is 0 Å². The largest absolute Gasteiger partial charge is 0.351 e. The van der Waals surface area contributed by atoms with E-state index in [1.165, 1.54) is 12.3 Å². The predicted octanol–water partition coefficient (Wildman–Crippen LogP) is 2.22. The topological polar surface area (TPSA) is 88.0 Å². The van der Waals surface area contributed by atoms with Gasteiger partial charge in [0.1, 0.15) is 5.69 Å². The van der Waals surface area contributed by atoms with E-state index in [4.69, 9.17) is 0 Å². The van der Waals surface area contributed by atoms with E-state index in [-0.39, 0.29) is 22.7 Å². The van der Waals surface area contributed by atoms with Gasteiger partial charge in [-0.25, -0.2) is 0 Å². The molecule has 1 saturated carbocycles. The normalized spacial score (nSPS) is 16.3. The third-order valence-electron chi connectivity index (χ3n) is 3.33. The van der Waals surface area contributed by atoms with Crippen LogP contribution in [-0.2, 0) is 0 Å². The lowest BCUT2D eigenvalue weighted by atomic mass is 10.0. The minimum Gasteiger partial charge on any atom is -0.351 e. The molecule has 2 N–H and O–H groups in total. The minimum absolute atomic E-state index is 0.0956. The molecule has 0 bridgehead atoms. The van der Waals surface area contributed by atoms with Crippen LogP contribution in [-0.4, -0.2) is 27.7 Å². The number of nitrogens with one attached hydrogen (secondary N) is 2. The fourth-order valence-corrected chi connectivity index (χ4v) is 2.72. The van der Waals surface area contributed by atoms with Gasteiger partial charge in [-0.05, 0) is 24.7 Å². The van der Waals surface area contributed by atoms with Crippen molar-refractivity contribution in [3.05, 3.63) is 28.1 Å². The van der Waals surface area contributed by atoms with Gasteiger partial charge in [0.15, 0.2) is 0 Å². The van der Waals surface area contributed by atoms with E-state index in [0.717, 1.165) is 24.6 Å². The molecule has 0 atom stereocenters. The smallest absolute Gasteiger partial charge is 0.287 e. The summed E-state index contributed by atoms with van der Waals surface area (Å²) >= 11 is 3.40. The number of rotatable bonds is 6. The SMILES string of the molecule is O=C(NCC1(CCBr)CC1)c1cc([N+](=O)[O-])c[nH]1. The maximum absolute atomic E-state index is 11.8. The Hall–Kier alpha value is -1.37. The number of aromatic amines is 1. The molecule has 0 radical (unpaired) electrons. The van der Waals surface area contributed by atoms with Crippen LogP contribution in [0, 0.1) is 15.5 Å². The molecule has 1 aromatic rings. The number of nitro groups is 1. The zero-order chi connectivity index (χ0) is 13.2. The Morgan fingerprint density at radius 1 is 1.61 bits per heavy atom. The highest BCUT2D eigenvalue weighted by Gasteiger charge is 2.41. The first-order valence-corrected chi connectivity index (χ1v) is 6.85. The molecule has 0 spiro atoms. The molecule has 7 heteroatoms. The van der Waals surface area contributed by atoms with Crippen molar-refractivity contribution in [2.45, 2.75) is 19.3 Å². The molecule has 0 saturated heterocycles. The van der Waals surface area contributed by atoms with E-state index < -0.39 is 4.92 Å². The Kier molecular flexibility index (Phi) is 3.70. The van der Waals surface area contributed by atoms with Crippen molar-refractivity contribution in [3.63, 3.8) is 0 Å². The van der Waals surface area contributed by atoms with Gasteiger partial charge in [0, 0.05) is 17.9 Å². The maximum Gasteiger partial charge on any atom is 0.287 e. The van der Waals surface area contributed by atoms with E-state index in [0.29, 0.717) is 6.54 Å². The van der Waals surface area contributed by atoms with Gasteiger partial charge in [-0.1, -0.05) is 15.9 Å². The summed E-state index contributed by atoms with van der Waals surface area (Å²) in [5.74, 6) is -0.288. The van der Waals surface area contributed by atoms with Crippen molar-refractivity contribution in [1.29, 1.82) is 0 Å². The van der Waals surface area contributed by atoms with Gasteiger partial charge >= 0.3 is 0 Å². The third-order valence-corrected chi connectivity index (χ3v) is 3.73. The summed E-state index contributed by atoms with van der Waals surface area (Å²) in [4.78, 5) is 24.4. The van der Waals surface area contributed by atoms with Crippen molar-refractivity contribution >= 4 is 27.5 Å². The number of nitrogens with zero attached hydrogens (tertiary/aromatic N) is 1. The van der Waals surface area contributed by atoms with Crippen LogP contribution in [0.1, 0.15) is 29.8 Å². The Labute approximate surface area is 112 Å². The number of carbonyl (C=O) groups excluding carboxylic acids is 1. The van der Waals surface area contributed by atoms with Crippen LogP contribution in [0.5, 0.6) is 0 Å². The fraction of sp³-hybridized carbons (Fsp3) is 0.545. The summed E-state index contributed by atoms with van der Waals surface area (Å²) in [5, 5.41) is 14.3. The molecule has 1 aliphatic rings. The first-order valence-electron chi connectivity index (χ1n) is 5.73. The van der Waals surface area contributed by atoms with Crippen molar-refractivity contribution < 1.29 is 9.72 Å². The molecule has 1 fully saturated rings. The molecule has 1 aromatic heterocycles. The summed E-state index contributed by atoms with van der Waals surface area (Å²) in [6.45, 7) is 0.629. The number of hydrogen-bond acceptors (Lipinski definition) is 3. The molecule has 1 heterocycles. The van der Waals surface area contributed by atoms with Gasteiger partial charge in [-0.15, -0.1) is 0 Å². The average molecular weight is 316 g/mol. The second-order valence-corrected chi connectivity index (χ2v) is 5.44. The van der Waals surface area contributed by atoms with Crippen LogP contribution in [0.2, 0.25) is 0 Å². The standard InChI is InChI=1S/C11H14BrN3O3/c12-4-3-11(1-2-11)7-14-10(16)9-5-8(6-13-9)15(17)18/h5-6,13H,1-4,7H2,(H,14,16). The number of alkyl halides is 1. The van der Waals surface area contributed by atoms with Gasteiger partial charge in [0.2, 0.25) is 0 Å². The number of hydrogen-bond donors (Lipinski definition) is 2. The second kappa shape index (κ2) is 5.09. The molecule has 1 aliphatic carbocycles. The van der Waals surface area contributed by atoms with Crippen LogP contribution in [0.15, 0.2) is 12.3 Å². The average Bonchev–Trinajstić information content (AvgIpc) is 2.92. The Morgan fingerprint density at radius 2 is 2.33 bits per heavy atom. The Bertz CT molecular complexity index is 468. The lowest BCUT2D eigenvalue weighted by molar-refractivity contribution is -0.384. The van der Waals surface area contributed by atoms with E-state index >= 15 is 0 Å². The highest BCUT2D eigenvalue weighted by atomic mass is 79.9. The van der Waals surface area contributed by atoms with Gasteiger partial charge in [-0.3, -0.25) is 14.9 Å². The highest BCUT2D eigenvalue weighted by Crippen LogP contribution is 2.48. The monoisotopic (exact) mass is 315 g/mol. The first kappa shape index (κ1) is 13.1. The van der Waals surface area contributed by atoms with Crippen molar-refractivity contribution in [2.24, 2.45) is 5.41 Å². The molecule has 18 heavy (non-hydrogen) atoms. The van der Waals surface area contributed by atoms with Gasteiger partial charge in [0.25, 0.3) is 11.6 Å². The summed E-state index contributed by atoms with van der Waals surface area (Å²) in [5.41, 5.74) is 0.371. The van der Waals surface area contributed by atoms with Crippen molar-refractivity contribution in [2.75, 3.05) is 11.9 Å². The highest BCUT2D eigenvalue weighted by molar-refractivity contribution is 9.09. The van der Waals surface area contributed by atoms with Crippen LogP contribution in [0.4, 0.5) is 5.69 Å². The quantitative estimate of drug-likeness (QED) is 0.479. The molecule has 1 amide bonds. The lowest BCUT2D eigenvalue weighted by Crippen LogP contribution is -2.30. The number of amides is 1. The van der Waals surface area contributed by atoms with Gasteiger partial charge in [-0.2, -0.15) is 0 Å². The Balaban J connectivity index is 1.89. The molecule has 98 valence electrons. The molecular formula is C11H14BrN3O3. The zero-order valence-electron chi connectivity index (χ0n) is 9.74. The number of aromatic nitrogens is 1. The molecule has 0 aromatic carbocycles. The van der Waals surface area contributed by atoms with Gasteiger partial charge < -0.3 is 10.3 Å². The third kappa shape index (κ3) is 2.90. The molecular weight excluding hydrogens is 302 g/mol. The molecule has 0 unspecified atom stereocenters. The predicted molar refractivity (Wildman–Crippen MR) is 69.9 cm³/mol. The van der Waals surface area contributed by atoms with Gasteiger partial charge in [0.05, 0.1) is 11.1 Å². The molecule has 0 aliphatic heterocycles. The summed E-state index contributed by atoms with van der Waals surface area (Å²) < 4.78 is 0. The van der Waals surface area contributed by atoms with Crippen LogP contribution < -0.4 is 5.32 Å². The number of halogens is 1. The van der Waals surface area contributed by atoms with Crippen LogP contribution in [0.25, 0.3) is 0 Å². The zero-order valence-corrected chi connectivity index (χ0v) is 11.3. The second-order valence-electron chi connectivity index (χ2n) is 4.65. The van der Waals surface area contributed by atoms with Crippen LogP contribution >= 0.6 is 15.9 Å². The first-order chi connectivity index (χ1) is 8.56. The number of carbonyl (C=O) groups is 1. The molecule has 6 nitrogen and oxygen atoms in total. The lowest BCUT2D eigenvalue weighted by Gasteiger charge is -2.13. The van der Waals surface area contributed by atoms with E-state index in [9.17, 15) is 14.9 Å². The number of H-pyrrole nitrogens is 1. The minimum atomic E-state index is -0.527. The fourth-order valence-electron chi connectivity index (χ4n) is 1.87. The van der Waals surface area contributed by atoms with E-state index in [1.807, 2.05) is 0 Å².